The molecule has 0 spiro atoms. The molecule has 0 N–H and O–H groups in total. The molecule has 0 unspecified atom stereocenters. The molecule has 1 aliphatic carbocycles. The molecule has 3 aromatic carbocycles. The Morgan fingerprint density at radius 2 is 1.42 bits per heavy atom. The van der Waals surface area contributed by atoms with E-state index in [0.717, 1.165) is 12.8 Å². The SMILES string of the molecule is CCC1=[C-]CC=C1.C[C](C)=[Ti+2].Cl.Cl.c1ccc2c(c1)[cH-]c1ccccc12. The Balaban J connectivity index is 0.000000415. The van der Waals surface area contributed by atoms with Gasteiger partial charge < -0.3 is 0 Å². The predicted octanol–water partition coefficient (Wildman–Crippen LogP) is 7.39. The van der Waals surface area contributed by atoms with Crippen LogP contribution in [0, 0.1) is 6.08 Å². The third kappa shape index (κ3) is 7.68. The molecule has 0 aliphatic heterocycles. The van der Waals surface area contributed by atoms with Crippen molar-refractivity contribution in [1.29, 1.82) is 0 Å². The van der Waals surface area contributed by atoms with Gasteiger partial charge in [-0.1, -0.05) is 49.7 Å². The van der Waals surface area contributed by atoms with Crippen LogP contribution in [0.1, 0.15) is 33.6 Å². The van der Waals surface area contributed by atoms with Gasteiger partial charge >= 0.3 is 37.6 Å². The Morgan fingerprint density at radius 3 is 1.77 bits per heavy atom. The molecule has 0 radical (unpaired) electrons. The quantitative estimate of drug-likeness (QED) is 0.284. The number of halogens is 2. The molecule has 0 heterocycles. The Hall–Kier alpha value is -1.05. The van der Waals surface area contributed by atoms with Crippen molar-refractivity contribution in [1.82, 2.24) is 0 Å². The van der Waals surface area contributed by atoms with Gasteiger partial charge in [0.2, 0.25) is 0 Å². The molecule has 136 valence electrons. The van der Waals surface area contributed by atoms with Crippen LogP contribution in [-0.2, 0) is 20.0 Å². The van der Waals surface area contributed by atoms with Crippen molar-refractivity contribution in [2.75, 3.05) is 0 Å². The Kier molecular flexibility index (Phi) is 12.6. The van der Waals surface area contributed by atoms with Gasteiger partial charge in [0.05, 0.1) is 0 Å². The van der Waals surface area contributed by atoms with Crippen molar-refractivity contribution >= 4 is 50.2 Å². The number of fused-ring (bicyclic) bond motifs is 3. The number of rotatable bonds is 1. The zero-order chi connectivity index (χ0) is 17.4. The summed E-state index contributed by atoms with van der Waals surface area (Å²) >= 11 is 2.08. The molecule has 0 saturated carbocycles. The fourth-order valence-electron chi connectivity index (χ4n) is 2.60. The summed E-state index contributed by atoms with van der Waals surface area (Å²) < 4.78 is 1.42. The van der Waals surface area contributed by atoms with Gasteiger partial charge in [0.1, 0.15) is 0 Å². The summed E-state index contributed by atoms with van der Waals surface area (Å²) in [4.78, 5) is 0. The van der Waals surface area contributed by atoms with Gasteiger partial charge in [-0.2, -0.15) is 6.08 Å². The van der Waals surface area contributed by atoms with Crippen molar-refractivity contribution in [2.24, 2.45) is 0 Å². The topological polar surface area (TPSA) is 0 Å². The van der Waals surface area contributed by atoms with Crippen LogP contribution in [0.15, 0.2) is 72.3 Å². The van der Waals surface area contributed by atoms with Crippen LogP contribution in [0.2, 0.25) is 0 Å². The van der Waals surface area contributed by atoms with E-state index in [0.29, 0.717) is 0 Å². The van der Waals surface area contributed by atoms with Crippen molar-refractivity contribution in [3.05, 3.63) is 78.4 Å². The summed E-state index contributed by atoms with van der Waals surface area (Å²) in [6.07, 6.45) is 9.65. The second-order valence-corrected chi connectivity index (χ2v) is 7.54. The van der Waals surface area contributed by atoms with Gasteiger partial charge in [-0.15, -0.1) is 71.0 Å². The molecule has 3 aromatic rings. The maximum Gasteiger partial charge on any atom is -0.0771 e. The van der Waals surface area contributed by atoms with E-state index in [1.807, 2.05) is 0 Å². The van der Waals surface area contributed by atoms with E-state index in [2.05, 4.69) is 114 Å². The smallest absolute Gasteiger partial charge is 0.0771 e. The van der Waals surface area contributed by atoms with Crippen LogP contribution in [0.25, 0.3) is 21.5 Å². The normalized spacial score (nSPS) is 11.3. The molecular weight excluding hydrogens is 395 g/mol. The van der Waals surface area contributed by atoms with E-state index >= 15 is 0 Å². The van der Waals surface area contributed by atoms with Crippen LogP contribution >= 0.6 is 24.8 Å². The first-order chi connectivity index (χ1) is 11.6. The van der Waals surface area contributed by atoms with Gasteiger partial charge in [0.15, 0.2) is 0 Å². The molecule has 0 saturated heterocycles. The zero-order valence-corrected chi connectivity index (χ0v) is 18.8. The van der Waals surface area contributed by atoms with Crippen molar-refractivity contribution in [3.8, 4) is 0 Å². The van der Waals surface area contributed by atoms with Crippen LogP contribution in [0.5, 0.6) is 0 Å². The minimum absolute atomic E-state index is 0. The monoisotopic (exact) mass is 420 g/mol. The Morgan fingerprint density at radius 1 is 0.962 bits per heavy atom. The van der Waals surface area contributed by atoms with E-state index < -0.39 is 0 Å². The van der Waals surface area contributed by atoms with Crippen LogP contribution in [0.3, 0.4) is 0 Å². The van der Waals surface area contributed by atoms with E-state index in [-0.39, 0.29) is 24.8 Å². The maximum absolute atomic E-state index is 3.21. The van der Waals surface area contributed by atoms with Gasteiger partial charge in [0, 0.05) is 0 Å². The molecule has 1 aliphatic rings. The van der Waals surface area contributed by atoms with Crippen molar-refractivity contribution in [3.63, 3.8) is 0 Å². The maximum atomic E-state index is 3.21. The first-order valence-corrected chi connectivity index (χ1v) is 9.21. The van der Waals surface area contributed by atoms with Gasteiger partial charge in [-0.25, -0.2) is 11.6 Å². The summed E-state index contributed by atoms with van der Waals surface area (Å²) in [5.74, 6) is 0. The van der Waals surface area contributed by atoms with E-state index in [9.17, 15) is 0 Å². The summed E-state index contributed by atoms with van der Waals surface area (Å²) in [7, 11) is 0. The number of allylic oxidation sites excluding steroid dienone is 4. The third-order valence-corrected chi connectivity index (χ3v) is 3.67. The van der Waals surface area contributed by atoms with E-state index in [1.54, 1.807) is 0 Å². The molecule has 0 nitrogen and oxygen atoms in total. The summed E-state index contributed by atoms with van der Waals surface area (Å²) in [5, 5.41) is 5.39. The van der Waals surface area contributed by atoms with Crippen LogP contribution in [-0.4, -0.2) is 3.81 Å². The first-order valence-electron chi connectivity index (χ1n) is 8.43. The van der Waals surface area contributed by atoms with E-state index in [4.69, 9.17) is 0 Å². The second-order valence-electron chi connectivity index (χ2n) is 5.98. The fourth-order valence-corrected chi connectivity index (χ4v) is 2.60. The summed E-state index contributed by atoms with van der Waals surface area (Å²) in [6, 6.07) is 19.3. The second kappa shape index (κ2) is 13.2. The summed E-state index contributed by atoms with van der Waals surface area (Å²) in [5.41, 5.74) is 1.36. The minimum Gasteiger partial charge on any atom is -0.147 e. The molecule has 0 fully saturated rings. The molecule has 0 atom stereocenters. The minimum atomic E-state index is 0. The Labute approximate surface area is 181 Å². The standard InChI is InChI=1S/C13H9.C7H9.C3H6.2ClH.Ti/c1-3-7-12-10(5-1)9-11-6-2-4-8-13(11)12;1-2-7-5-3-4-6-7;1-3-2;;;/h1-9H;3,5H,2,4H2,1H3;1-2H3;2*1H;/q2*-1;;;;+2. The molecule has 3 heteroatoms. The molecule has 26 heavy (non-hydrogen) atoms. The number of hydrogen-bond donors (Lipinski definition) is 0. The van der Waals surface area contributed by atoms with Crippen LogP contribution < -0.4 is 0 Å². The molecule has 0 aromatic heterocycles. The van der Waals surface area contributed by atoms with Crippen LogP contribution in [0.4, 0.5) is 0 Å². The number of benzene rings is 2. The fraction of sp³-hybridized carbons (Fsp3) is 0.217. The largest absolute Gasteiger partial charge is 0.147 e. The van der Waals surface area contributed by atoms with Gasteiger partial charge in [-0.3, -0.25) is 6.08 Å². The van der Waals surface area contributed by atoms with E-state index in [1.165, 1.54) is 30.9 Å². The van der Waals surface area contributed by atoms with Crippen molar-refractivity contribution < 1.29 is 20.0 Å². The first kappa shape index (κ1) is 25.0. The molecule has 0 amide bonds. The molecule has 0 bridgehead atoms. The number of hydrogen-bond acceptors (Lipinski definition) is 0. The average Bonchev–Trinajstić information content (AvgIpc) is 3.22. The van der Waals surface area contributed by atoms with Gasteiger partial charge in [-0.05, 0) is 0 Å². The third-order valence-electron chi connectivity index (χ3n) is 3.67. The average molecular weight is 421 g/mol. The molecule has 4 rings (SSSR count). The molecular formula is C23H26Cl2Ti. The van der Waals surface area contributed by atoms with Crippen molar-refractivity contribution in [2.45, 2.75) is 33.6 Å². The van der Waals surface area contributed by atoms with Gasteiger partial charge in [0.25, 0.3) is 0 Å². The Bertz CT molecular complexity index is 818. The zero-order valence-electron chi connectivity index (χ0n) is 15.6. The summed E-state index contributed by atoms with van der Waals surface area (Å²) in [6.45, 7) is 6.32. The predicted molar refractivity (Wildman–Crippen MR) is 119 cm³/mol.